The van der Waals surface area contributed by atoms with Crippen molar-refractivity contribution in [1.82, 2.24) is 0 Å². The Hall–Kier alpha value is -0.270. The molecule has 21 heavy (non-hydrogen) atoms. The molecule has 1 aromatic heterocycles. The standard InChI is InChI=1S/C16H22NOS2.HI/c1-6-12(19-5)9-16-17(7-2)13-8-11(3)14(18-4)10-15(13)20-16;/h8-10H,6-7H2,1-5H3;1H/q+1;/p-1. The monoisotopic (exact) mass is 435 g/mol. The number of ether oxygens (including phenoxy) is 1. The number of hydrogen-bond donors (Lipinski definition) is 0. The molecule has 1 heterocycles. The predicted molar refractivity (Wildman–Crippen MR) is 90.8 cm³/mol. The first-order valence-electron chi connectivity index (χ1n) is 6.90. The van der Waals surface area contributed by atoms with E-state index in [1.165, 1.54) is 25.7 Å². The van der Waals surface area contributed by atoms with Crippen LogP contribution in [0.5, 0.6) is 5.75 Å². The molecule has 0 aliphatic heterocycles. The van der Waals surface area contributed by atoms with Gasteiger partial charge in [0.2, 0.25) is 5.52 Å². The molecule has 0 spiro atoms. The zero-order valence-electron chi connectivity index (χ0n) is 13.2. The second-order valence-corrected chi connectivity index (χ2v) is 6.64. The topological polar surface area (TPSA) is 13.1 Å². The number of nitrogens with zero attached hydrogens (tertiary/aromatic N) is 1. The highest BCUT2D eigenvalue weighted by atomic mass is 127. The summed E-state index contributed by atoms with van der Waals surface area (Å²) in [4.78, 5) is 1.42. The van der Waals surface area contributed by atoms with Crippen LogP contribution >= 0.6 is 23.1 Å². The Labute approximate surface area is 152 Å². The van der Waals surface area contributed by atoms with Gasteiger partial charge in [0.05, 0.1) is 7.11 Å². The molecule has 0 atom stereocenters. The van der Waals surface area contributed by atoms with E-state index in [-0.39, 0.29) is 24.0 Å². The van der Waals surface area contributed by atoms with Gasteiger partial charge in [0.1, 0.15) is 17.0 Å². The lowest BCUT2D eigenvalue weighted by Crippen LogP contribution is -3.00. The molecule has 2 rings (SSSR count). The van der Waals surface area contributed by atoms with Gasteiger partial charge in [-0.25, -0.2) is 0 Å². The smallest absolute Gasteiger partial charge is 0.263 e. The van der Waals surface area contributed by atoms with Crippen LogP contribution in [0.4, 0.5) is 0 Å². The third-order valence-corrected chi connectivity index (χ3v) is 5.48. The minimum Gasteiger partial charge on any atom is -1.00 e. The van der Waals surface area contributed by atoms with Crippen molar-refractivity contribution in [2.45, 2.75) is 33.7 Å². The van der Waals surface area contributed by atoms with Crippen LogP contribution in [0.25, 0.3) is 16.3 Å². The summed E-state index contributed by atoms with van der Waals surface area (Å²) in [5.41, 5.74) is 2.50. The number of aryl methyl sites for hydroxylation is 2. The van der Waals surface area contributed by atoms with Crippen LogP contribution in [0.15, 0.2) is 17.0 Å². The lowest BCUT2D eigenvalue weighted by atomic mass is 10.2. The molecule has 0 N–H and O–H groups in total. The van der Waals surface area contributed by atoms with Gasteiger partial charge in [-0.3, -0.25) is 0 Å². The fourth-order valence-electron chi connectivity index (χ4n) is 2.33. The Bertz CT molecular complexity index is 643. The van der Waals surface area contributed by atoms with Crippen LogP contribution in [-0.2, 0) is 6.54 Å². The Morgan fingerprint density at radius 2 is 2.10 bits per heavy atom. The van der Waals surface area contributed by atoms with Gasteiger partial charge in [-0.1, -0.05) is 18.3 Å². The second-order valence-electron chi connectivity index (χ2n) is 4.64. The summed E-state index contributed by atoms with van der Waals surface area (Å²) >= 11 is 3.67. The summed E-state index contributed by atoms with van der Waals surface area (Å²) < 4.78 is 9.11. The average Bonchev–Trinajstić information content (AvgIpc) is 2.79. The van der Waals surface area contributed by atoms with Gasteiger partial charge in [0.15, 0.2) is 0 Å². The normalized spacial score (nSPS) is 11.6. The first-order chi connectivity index (χ1) is 9.64. The second kappa shape index (κ2) is 8.39. The molecular formula is C16H22INOS2. The minimum absolute atomic E-state index is 0. The largest absolute Gasteiger partial charge is 1.00 e. The number of halogens is 1. The highest BCUT2D eigenvalue weighted by Crippen LogP contribution is 2.30. The summed E-state index contributed by atoms with van der Waals surface area (Å²) in [7, 11) is 1.74. The number of aromatic nitrogens is 1. The molecular weight excluding hydrogens is 413 g/mol. The first-order valence-corrected chi connectivity index (χ1v) is 8.94. The van der Waals surface area contributed by atoms with Crippen molar-refractivity contribution in [3.05, 3.63) is 27.6 Å². The number of thioether (sulfide) groups is 1. The van der Waals surface area contributed by atoms with Crippen LogP contribution in [-0.4, -0.2) is 13.4 Å². The summed E-state index contributed by atoms with van der Waals surface area (Å²) in [5.74, 6) is 0.970. The SMILES string of the molecule is CCC(=Cc1sc2cc(OC)c(C)cc2[n+]1CC)SC.[I-]. The Morgan fingerprint density at radius 1 is 1.38 bits per heavy atom. The van der Waals surface area contributed by atoms with Crippen molar-refractivity contribution in [1.29, 1.82) is 0 Å². The fourth-order valence-corrected chi connectivity index (χ4v) is 4.13. The zero-order valence-corrected chi connectivity index (χ0v) is 17.0. The molecule has 0 saturated carbocycles. The maximum atomic E-state index is 5.44. The molecule has 1 aromatic carbocycles. The third kappa shape index (κ3) is 3.93. The zero-order chi connectivity index (χ0) is 14.7. The average molecular weight is 435 g/mol. The van der Waals surface area contributed by atoms with E-state index in [1.54, 1.807) is 7.11 Å². The number of hydrogen-bond acceptors (Lipinski definition) is 3. The molecule has 116 valence electrons. The summed E-state index contributed by atoms with van der Waals surface area (Å²) in [5, 5.41) is 1.32. The number of fused-ring (bicyclic) bond motifs is 1. The van der Waals surface area contributed by atoms with Gasteiger partial charge < -0.3 is 28.7 Å². The van der Waals surface area contributed by atoms with Crippen molar-refractivity contribution >= 4 is 39.4 Å². The number of allylic oxidation sites excluding steroid dienone is 1. The predicted octanol–water partition coefficient (Wildman–Crippen LogP) is 1.64. The van der Waals surface area contributed by atoms with E-state index in [1.807, 2.05) is 23.1 Å². The molecule has 2 aromatic rings. The molecule has 0 radical (unpaired) electrons. The molecule has 0 aliphatic carbocycles. The number of thiazole rings is 1. The fraction of sp³-hybridized carbons (Fsp3) is 0.438. The van der Waals surface area contributed by atoms with Crippen molar-refractivity contribution in [3.63, 3.8) is 0 Å². The first kappa shape index (κ1) is 18.8. The minimum atomic E-state index is 0. The van der Waals surface area contributed by atoms with Crippen molar-refractivity contribution in [2.75, 3.05) is 13.4 Å². The maximum Gasteiger partial charge on any atom is 0.263 e. The van der Waals surface area contributed by atoms with Crippen LogP contribution < -0.4 is 33.3 Å². The van der Waals surface area contributed by atoms with Gasteiger partial charge in [-0.15, -0.1) is 11.8 Å². The van der Waals surface area contributed by atoms with Crippen molar-refractivity contribution in [3.8, 4) is 5.75 Å². The van der Waals surface area contributed by atoms with E-state index in [9.17, 15) is 0 Å². The number of benzene rings is 1. The molecule has 2 nitrogen and oxygen atoms in total. The lowest BCUT2D eigenvalue weighted by molar-refractivity contribution is -0.665. The molecule has 0 amide bonds. The van der Waals surface area contributed by atoms with E-state index in [4.69, 9.17) is 4.74 Å². The highest BCUT2D eigenvalue weighted by molar-refractivity contribution is 8.02. The highest BCUT2D eigenvalue weighted by Gasteiger charge is 2.19. The van der Waals surface area contributed by atoms with Gasteiger partial charge in [-0.2, -0.15) is 4.57 Å². The van der Waals surface area contributed by atoms with E-state index < -0.39 is 0 Å². The van der Waals surface area contributed by atoms with E-state index in [2.05, 4.69) is 49.8 Å². The van der Waals surface area contributed by atoms with Crippen LogP contribution in [0.2, 0.25) is 0 Å². The molecule has 5 heteroatoms. The van der Waals surface area contributed by atoms with Crippen LogP contribution in [0.3, 0.4) is 0 Å². The maximum absolute atomic E-state index is 5.44. The Kier molecular flexibility index (Phi) is 7.50. The van der Waals surface area contributed by atoms with Gasteiger partial charge in [-0.05, 0) is 37.0 Å². The van der Waals surface area contributed by atoms with Crippen molar-refractivity contribution < 1.29 is 33.3 Å². The Balaban J connectivity index is 0.00000220. The molecule has 0 bridgehead atoms. The molecule has 0 unspecified atom stereocenters. The molecule has 0 fully saturated rings. The van der Waals surface area contributed by atoms with Gasteiger partial charge in [0.25, 0.3) is 5.01 Å². The number of methoxy groups -OCH3 is 1. The molecule has 0 aliphatic rings. The van der Waals surface area contributed by atoms with Gasteiger partial charge in [0, 0.05) is 18.2 Å². The van der Waals surface area contributed by atoms with Crippen molar-refractivity contribution in [2.24, 2.45) is 0 Å². The van der Waals surface area contributed by atoms with Gasteiger partial charge >= 0.3 is 0 Å². The quantitative estimate of drug-likeness (QED) is 0.524. The van der Waals surface area contributed by atoms with E-state index in [0.29, 0.717) is 0 Å². The van der Waals surface area contributed by atoms with E-state index >= 15 is 0 Å². The number of rotatable bonds is 5. The van der Waals surface area contributed by atoms with Crippen LogP contribution in [0, 0.1) is 6.92 Å². The summed E-state index contributed by atoms with van der Waals surface area (Å²) in [6.07, 6.45) is 5.55. The van der Waals surface area contributed by atoms with Crippen LogP contribution in [0.1, 0.15) is 30.8 Å². The summed E-state index contributed by atoms with van der Waals surface area (Å²) in [6.45, 7) is 7.50. The Morgan fingerprint density at radius 3 is 2.62 bits per heavy atom. The van der Waals surface area contributed by atoms with E-state index in [0.717, 1.165) is 18.7 Å². The molecule has 0 saturated heterocycles. The lowest BCUT2D eigenvalue weighted by Gasteiger charge is -2.02. The summed E-state index contributed by atoms with van der Waals surface area (Å²) in [6, 6.07) is 4.39. The third-order valence-electron chi connectivity index (χ3n) is 3.46.